The van der Waals surface area contributed by atoms with Gasteiger partial charge in [0.1, 0.15) is 0 Å². The van der Waals surface area contributed by atoms with Crippen LogP contribution in [0.15, 0.2) is 36.4 Å². The third-order valence-corrected chi connectivity index (χ3v) is 7.18. The van der Waals surface area contributed by atoms with Crippen LogP contribution in [0.25, 0.3) is 0 Å². The van der Waals surface area contributed by atoms with Gasteiger partial charge < -0.3 is 20.4 Å². The van der Waals surface area contributed by atoms with E-state index in [-0.39, 0.29) is 0 Å². The van der Waals surface area contributed by atoms with Gasteiger partial charge in [0.15, 0.2) is 14.7 Å². The first-order valence-electron chi connectivity index (χ1n) is 11.0. The number of rotatable bonds is 10. The Morgan fingerprint density at radius 2 is 1.16 bits per heavy atom. The van der Waals surface area contributed by atoms with Crippen LogP contribution in [0.3, 0.4) is 0 Å². The fourth-order valence-electron chi connectivity index (χ4n) is 3.14. The normalized spacial score (nSPS) is 14.5. The number of hydrogen-bond acceptors (Lipinski definition) is 4. The van der Waals surface area contributed by atoms with Crippen LogP contribution >= 0.6 is 14.7 Å². The summed E-state index contributed by atoms with van der Waals surface area (Å²) >= 11 is 0. The number of aryl methyl sites for hydroxylation is 4. The second-order valence-corrected chi connectivity index (χ2v) is 13.9. The molecule has 8 heteroatoms. The predicted octanol–water partition coefficient (Wildman–Crippen LogP) is 6.01. The van der Waals surface area contributed by atoms with E-state index in [9.17, 15) is 9.13 Å². The van der Waals surface area contributed by atoms with Crippen LogP contribution in [-0.4, -0.2) is 48.5 Å². The van der Waals surface area contributed by atoms with E-state index >= 15 is 0 Å². The second kappa shape index (κ2) is 13.2. The molecule has 180 valence electrons. The molecule has 2 atom stereocenters. The summed E-state index contributed by atoms with van der Waals surface area (Å²) in [7, 11) is -5.69. The van der Waals surface area contributed by atoms with Crippen molar-refractivity contribution >= 4 is 26.1 Å². The van der Waals surface area contributed by atoms with Crippen molar-refractivity contribution in [2.45, 2.75) is 40.5 Å². The monoisotopic (exact) mass is 482 g/mol. The Balaban J connectivity index is 0.000000320. The van der Waals surface area contributed by atoms with Crippen molar-refractivity contribution in [3.63, 3.8) is 0 Å². The van der Waals surface area contributed by atoms with Gasteiger partial charge >= 0.3 is 0 Å². The van der Waals surface area contributed by atoms with Crippen molar-refractivity contribution in [1.82, 2.24) is 0 Å². The molecule has 0 saturated carbocycles. The molecular formula is C24H40N2O4P2. The molecule has 0 aliphatic carbocycles. The highest BCUT2D eigenvalue weighted by Crippen LogP contribution is 2.36. The van der Waals surface area contributed by atoms with Crippen molar-refractivity contribution in [2.24, 2.45) is 0 Å². The smallest absolute Gasteiger partial charge is 0.197 e. The first-order valence-corrected chi connectivity index (χ1v) is 15.6. The van der Waals surface area contributed by atoms with Crippen LogP contribution < -0.4 is 10.6 Å². The van der Waals surface area contributed by atoms with Gasteiger partial charge in [-0.25, -0.2) is 0 Å². The van der Waals surface area contributed by atoms with Crippen molar-refractivity contribution in [1.29, 1.82) is 0 Å². The fraction of sp³-hybridized carbons (Fsp3) is 0.500. The zero-order valence-electron chi connectivity index (χ0n) is 20.3. The number of nitrogens with one attached hydrogen (secondary N) is 2. The van der Waals surface area contributed by atoms with E-state index in [1.54, 1.807) is 0 Å². The highest BCUT2D eigenvalue weighted by atomic mass is 31.2. The zero-order valence-corrected chi connectivity index (χ0v) is 22.1. The van der Waals surface area contributed by atoms with Gasteiger partial charge in [0.05, 0.1) is 0 Å². The summed E-state index contributed by atoms with van der Waals surface area (Å²) in [5.74, 6) is 0. The summed E-state index contributed by atoms with van der Waals surface area (Å²) in [4.78, 5) is 18.3. The molecule has 0 amide bonds. The maximum atomic E-state index is 11.1. The van der Waals surface area contributed by atoms with E-state index in [1.165, 1.54) is 35.6 Å². The number of benzene rings is 2. The minimum absolute atomic E-state index is 0.380. The van der Waals surface area contributed by atoms with Crippen molar-refractivity contribution in [2.75, 3.05) is 49.4 Å². The van der Waals surface area contributed by atoms with Crippen molar-refractivity contribution in [3.8, 4) is 0 Å². The molecule has 0 saturated heterocycles. The molecule has 2 aromatic rings. The average molecular weight is 483 g/mol. The standard InChI is InChI=1S/2C12H20NO2P/c1-10-5-6-12(9-11(10)2)13-7-4-8-16(3,14)15;1-10-7-11(2)9-12(8-10)13-5-4-6-16(3,14)15/h5-6,9,13H,4,7-8H2,1-3H3,(H,14,15);7-9,13H,4-6H2,1-3H3,(H,14,15). The Hall–Kier alpha value is -1.58. The molecule has 4 N–H and O–H groups in total. The van der Waals surface area contributed by atoms with E-state index in [2.05, 4.69) is 68.7 Å². The van der Waals surface area contributed by atoms with Crippen LogP contribution in [-0.2, 0) is 9.13 Å². The molecule has 0 heterocycles. The lowest BCUT2D eigenvalue weighted by Crippen LogP contribution is -2.04. The largest absolute Gasteiger partial charge is 0.385 e. The summed E-state index contributed by atoms with van der Waals surface area (Å²) in [6.07, 6.45) is 2.20. The molecule has 2 rings (SSSR count). The molecule has 0 radical (unpaired) electrons. The molecule has 2 aromatic carbocycles. The molecule has 0 aromatic heterocycles. The van der Waals surface area contributed by atoms with E-state index in [0.29, 0.717) is 12.3 Å². The third-order valence-electron chi connectivity index (χ3n) is 4.89. The molecule has 0 bridgehead atoms. The molecule has 0 spiro atoms. The number of anilines is 2. The van der Waals surface area contributed by atoms with Gasteiger partial charge in [0.2, 0.25) is 0 Å². The van der Waals surface area contributed by atoms with Crippen LogP contribution in [0.1, 0.15) is 35.1 Å². The van der Waals surface area contributed by atoms with Gasteiger partial charge in [-0.05, 0) is 87.1 Å². The van der Waals surface area contributed by atoms with E-state index in [4.69, 9.17) is 9.79 Å². The Labute approximate surface area is 193 Å². The van der Waals surface area contributed by atoms with Gasteiger partial charge in [0, 0.05) is 50.1 Å². The van der Waals surface area contributed by atoms with E-state index in [0.717, 1.165) is 37.3 Å². The zero-order chi connectivity index (χ0) is 24.4. The SMILES string of the molecule is Cc1cc(C)cc(NCCCP(C)(=O)O)c1.Cc1ccc(NCCCP(C)(=O)O)cc1C. The quantitative estimate of drug-likeness (QED) is 0.245. The minimum atomic E-state index is -2.85. The molecule has 6 nitrogen and oxygen atoms in total. The lowest BCUT2D eigenvalue weighted by atomic mass is 10.1. The van der Waals surface area contributed by atoms with Gasteiger partial charge in [-0.15, -0.1) is 0 Å². The highest BCUT2D eigenvalue weighted by molar-refractivity contribution is 7.57. The van der Waals surface area contributed by atoms with E-state index < -0.39 is 14.7 Å². The molecule has 0 aliphatic rings. The van der Waals surface area contributed by atoms with Crippen LogP contribution in [0.2, 0.25) is 0 Å². The van der Waals surface area contributed by atoms with Crippen molar-refractivity contribution < 1.29 is 18.9 Å². The summed E-state index contributed by atoms with van der Waals surface area (Å²) in [6.45, 7) is 12.6. The van der Waals surface area contributed by atoms with Crippen molar-refractivity contribution in [3.05, 3.63) is 58.7 Å². The van der Waals surface area contributed by atoms with E-state index in [1.807, 2.05) is 6.07 Å². The third kappa shape index (κ3) is 13.8. The Morgan fingerprint density at radius 3 is 1.59 bits per heavy atom. The van der Waals surface area contributed by atoms with Gasteiger partial charge in [-0.3, -0.25) is 9.13 Å². The number of hydrogen-bond donors (Lipinski definition) is 4. The Bertz CT molecular complexity index is 931. The second-order valence-electron chi connectivity index (χ2n) is 8.79. The Morgan fingerprint density at radius 1 is 0.688 bits per heavy atom. The molecule has 0 aliphatic heterocycles. The molecular weight excluding hydrogens is 442 g/mol. The fourth-order valence-corrected chi connectivity index (χ4v) is 4.63. The summed E-state index contributed by atoms with van der Waals surface area (Å²) in [6, 6.07) is 12.5. The topological polar surface area (TPSA) is 98.7 Å². The first kappa shape index (κ1) is 28.5. The van der Waals surface area contributed by atoms with Gasteiger partial charge in [0.25, 0.3) is 0 Å². The van der Waals surface area contributed by atoms with Gasteiger partial charge in [-0.1, -0.05) is 12.1 Å². The maximum Gasteiger partial charge on any atom is 0.197 e. The minimum Gasteiger partial charge on any atom is -0.385 e. The predicted molar refractivity (Wildman–Crippen MR) is 139 cm³/mol. The van der Waals surface area contributed by atoms with Crippen LogP contribution in [0, 0.1) is 27.7 Å². The maximum absolute atomic E-state index is 11.1. The Kier molecular flexibility index (Phi) is 11.7. The lowest BCUT2D eigenvalue weighted by Gasteiger charge is -2.09. The van der Waals surface area contributed by atoms with Gasteiger partial charge in [-0.2, -0.15) is 0 Å². The lowest BCUT2D eigenvalue weighted by molar-refractivity contribution is 0.482. The molecule has 0 fully saturated rings. The summed E-state index contributed by atoms with van der Waals surface area (Å²) < 4.78 is 22.1. The molecule has 32 heavy (non-hydrogen) atoms. The van der Waals surface area contributed by atoms with Crippen LogP contribution in [0.5, 0.6) is 0 Å². The highest BCUT2D eigenvalue weighted by Gasteiger charge is 2.08. The van der Waals surface area contributed by atoms with Crippen LogP contribution in [0.4, 0.5) is 11.4 Å². The summed E-state index contributed by atoms with van der Waals surface area (Å²) in [5, 5.41) is 6.52. The summed E-state index contributed by atoms with van der Waals surface area (Å²) in [5.41, 5.74) is 7.15. The molecule has 2 unspecified atom stereocenters. The average Bonchev–Trinajstić information content (AvgIpc) is 2.63. The first-order chi connectivity index (χ1) is 14.7.